The van der Waals surface area contributed by atoms with Gasteiger partial charge in [-0.15, -0.1) is 357 Å². The highest BCUT2D eigenvalue weighted by molar-refractivity contribution is 9.58. The fraction of sp³-hybridized carbons (Fsp3) is 0. The van der Waals surface area contributed by atoms with Gasteiger partial charge in [0.25, 0.3) is 0 Å². The summed E-state index contributed by atoms with van der Waals surface area (Å²) < 4.78 is 0. The average Bonchev–Trinajstić information content (AvgIpc) is 3.20. The molecule has 0 bridgehead atoms. The van der Waals surface area contributed by atoms with Crippen LogP contribution in [0.5, 0.6) is 0 Å². The summed E-state index contributed by atoms with van der Waals surface area (Å²) in [7, 11) is 147. The zero-order valence-corrected chi connectivity index (χ0v) is 120. The van der Waals surface area contributed by atoms with Gasteiger partial charge in [-0.25, -0.2) is 0 Å². The zero-order chi connectivity index (χ0) is 61.9. The van der Waals surface area contributed by atoms with Crippen molar-refractivity contribution in [2.24, 2.45) is 0 Å². The molecule has 0 radical (unpaired) electrons. The first-order valence-corrected chi connectivity index (χ1v) is 160. The Hall–Kier alpha value is 33.5. The van der Waals surface area contributed by atoms with E-state index in [1.54, 1.807) is 0 Å². The van der Waals surface area contributed by atoms with Gasteiger partial charge >= 0.3 is 0 Å². The van der Waals surface area contributed by atoms with Crippen molar-refractivity contribution in [1.29, 1.82) is 0 Å². The second-order valence-electron chi connectivity index (χ2n) is 12.4. The molecule has 0 N–H and O–H groups in total. The molecule has 0 saturated heterocycles. The van der Waals surface area contributed by atoms with Gasteiger partial charge in [-0.2, -0.15) is 0 Å². The predicted molar refractivity (Wildman–Crippen MR) is 651 cm³/mol. The third-order valence-corrected chi connectivity index (χ3v) is 555. The lowest BCUT2D eigenvalue weighted by Crippen LogP contribution is -1.75. The number of hydrogen-bond donors (Lipinski definition) is 0. The van der Waals surface area contributed by atoms with E-state index in [0.29, 0.717) is 0 Å². The van der Waals surface area contributed by atoms with E-state index in [0.717, 1.165) is 0 Å². The lowest BCUT2D eigenvalue weighted by atomic mass is 28.4. The van der Waals surface area contributed by atoms with Crippen molar-refractivity contribution >= 4 is 623 Å². The Labute approximate surface area is 612 Å². The molecule has 0 aliphatic heterocycles. The summed E-state index contributed by atoms with van der Waals surface area (Å²) in [5.74, 6) is 0. The van der Waals surface area contributed by atoms with Crippen LogP contribution in [0.25, 0.3) is 0 Å². The Morgan fingerprint density at radius 2 is 0.103 bits per heavy atom. The molecular formula is H80P78. The van der Waals surface area contributed by atoms with Gasteiger partial charge < -0.3 is 0 Å². The summed E-state index contributed by atoms with van der Waals surface area (Å²) >= 11 is 0. The van der Waals surface area contributed by atoms with Crippen LogP contribution >= 0.6 is 623 Å². The molecule has 0 aromatic heterocycles. The summed E-state index contributed by atoms with van der Waals surface area (Å²) in [6.45, 7) is -12.9. The highest BCUT2D eigenvalue weighted by Gasteiger charge is 2.64. The minimum Gasteiger partial charge on any atom is -0.102 e. The largest absolute Gasteiger partial charge is 0.102 e. The first-order chi connectivity index (χ1) is 35.4. The Kier molecular flexibility index (Phi) is 87.1. The van der Waals surface area contributed by atoms with Gasteiger partial charge in [-0.05, 0) is 266 Å². The summed E-state index contributed by atoms with van der Waals surface area (Å²) in [4.78, 5) is 0. The molecule has 0 rings (SSSR count). The molecule has 0 saturated carbocycles. The van der Waals surface area contributed by atoms with E-state index in [9.17, 15) is 0 Å². The van der Waals surface area contributed by atoms with Crippen molar-refractivity contribution in [2.75, 3.05) is 0 Å². The average molecular weight is 2500 g/mol. The maximum atomic E-state index is 3.70. The first kappa shape index (κ1) is 112. The van der Waals surface area contributed by atoms with E-state index in [1.807, 2.05) is 0 Å². The highest BCUT2D eigenvalue weighted by atomic mass is 33.6. The standard InChI is InChI=1S/H80P78/c1-41(2)61(42(3)4)71(62(43(5)6)44(7)8)76(72(63(45(9)10)46(11)12)64(47(13)14)48(15)16)78(75(69(57(33)34)58(35)36)70(59(37)38)60(39)40)77(73(65(49(17)18)50(19)20)66(51(21)22)52(23)24)74(67(53(25)26)54(27)28)68(55(29)30)56(31)32/h1-40H2. The monoisotopic (exact) mass is 2500 g/mol. The lowest BCUT2D eigenvalue weighted by molar-refractivity contribution is 4.31. The summed E-state index contributed by atoms with van der Waals surface area (Å²) in [6, 6.07) is 0. The van der Waals surface area contributed by atoms with Gasteiger partial charge in [0.15, 0.2) is 0 Å². The number of hydrogen-bond acceptors (Lipinski definition) is 0. The van der Waals surface area contributed by atoms with Crippen LogP contribution < -0.4 is 0 Å². The van der Waals surface area contributed by atoms with Crippen LogP contribution in [0.2, 0.25) is 0 Å². The highest BCUT2D eigenvalue weighted by Crippen LogP contribution is 3.52. The second kappa shape index (κ2) is 60.9. The van der Waals surface area contributed by atoms with Gasteiger partial charge in [0.1, 0.15) is 0 Å². The fourth-order valence-electron chi connectivity index (χ4n) is 4.76. The molecule has 78 heavy (non-hydrogen) atoms. The second-order valence-corrected chi connectivity index (χ2v) is 336. The Balaban J connectivity index is 12.5. The molecule has 40 unspecified atom stereocenters. The molecule has 40 atom stereocenters. The predicted octanol–water partition coefficient (Wildman–Crippen LogP) is 45.8. The van der Waals surface area contributed by atoms with Crippen molar-refractivity contribution < 1.29 is 0 Å². The molecule has 0 aliphatic rings. The third-order valence-electron chi connectivity index (χ3n) is 6.85. The van der Waals surface area contributed by atoms with Crippen LogP contribution in [0.4, 0.5) is 0 Å². The molecular weight excluding hydrogens is 2420 g/mol. The Morgan fingerprint density at radius 1 is 0.0641 bits per heavy atom. The molecule has 0 amide bonds. The van der Waals surface area contributed by atoms with E-state index < -0.39 is 21.0 Å². The fourth-order valence-corrected chi connectivity index (χ4v) is 1160. The molecule has 78 heteroatoms. The summed E-state index contributed by atoms with van der Waals surface area (Å²) in [6.07, 6.45) is 0. The molecule has 470 valence electrons. The van der Waals surface area contributed by atoms with Gasteiger partial charge in [0.2, 0.25) is 0 Å². The first-order valence-electron chi connectivity index (χ1n) is 17.7. The molecule has 0 aliphatic carbocycles. The molecule has 0 spiro atoms. The van der Waals surface area contributed by atoms with Crippen LogP contribution in [0.3, 0.4) is 0 Å². The topological polar surface area (TPSA) is 0 Å². The maximum absolute atomic E-state index is 3.70. The smallest absolute Gasteiger partial charge is 0.00000548 e. The van der Waals surface area contributed by atoms with Crippen molar-refractivity contribution in [1.82, 2.24) is 0 Å². The van der Waals surface area contributed by atoms with Crippen molar-refractivity contribution in [3.63, 3.8) is 0 Å². The molecule has 0 aromatic carbocycles. The van der Waals surface area contributed by atoms with E-state index in [2.05, 4.69) is 357 Å². The molecule has 0 aromatic rings. The van der Waals surface area contributed by atoms with Gasteiger partial charge in [-0.3, -0.25) is 0 Å². The van der Waals surface area contributed by atoms with Crippen LogP contribution in [0.1, 0.15) is 0 Å². The van der Waals surface area contributed by atoms with Crippen LogP contribution in [0, 0.1) is 0 Å². The van der Waals surface area contributed by atoms with Gasteiger partial charge in [0, 0.05) is 0 Å². The van der Waals surface area contributed by atoms with Crippen LogP contribution in [-0.2, 0) is 0 Å². The Bertz CT molecular complexity index is 1160. The molecule has 0 nitrogen and oxygen atoms in total. The normalized spacial score (nSPS) is 14.7. The lowest BCUT2D eigenvalue weighted by Gasteiger charge is -2.62. The van der Waals surface area contributed by atoms with E-state index in [4.69, 9.17) is 0 Å². The van der Waals surface area contributed by atoms with E-state index in [1.165, 1.54) is 0 Å². The van der Waals surface area contributed by atoms with Gasteiger partial charge in [-0.1, -0.05) is 0 Å². The van der Waals surface area contributed by atoms with Gasteiger partial charge in [0.05, 0.1) is 0 Å². The van der Waals surface area contributed by atoms with Crippen LogP contribution in [0.15, 0.2) is 0 Å². The van der Waals surface area contributed by atoms with Crippen LogP contribution in [-0.4, -0.2) is 0 Å². The van der Waals surface area contributed by atoms with Crippen molar-refractivity contribution in [3.8, 4) is 0 Å². The summed E-state index contributed by atoms with van der Waals surface area (Å²) in [5.41, 5.74) is 0. The Morgan fingerprint density at radius 3 is 0.141 bits per heavy atom. The van der Waals surface area contributed by atoms with Crippen molar-refractivity contribution in [2.45, 2.75) is 0 Å². The quantitative estimate of drug-likeness (QED) is 0.0544. The minimum atomic E-state index is -0.448. The van der Waals surface area contributed by atoms with E-state index in [-0.39, 0.29) is 245 Å². The zero-order valence-electron chi connectivity index (χ0n) is 40.1. The third kappa shape index (κ3) is 39.2. The SMILES string of the molecule is PP(P)P(P(P)P)P(P(P(P)P)P(P)P)P(P(P(P(P)P)P(P)P)P(P(P)P)P(P)P)P(P(P(P(P)P)P(P)P)P(P(P)P)P(P)P)P(P(P(P(P)P)P(P)P)P(P(P)P)P(P)P)P(P(P(P)P)P(P)P)P(P(P)P)P(P)P. The molecule has 0 fully saturated rings. The summed E-state index contributed by atoms with van der Waals surface area (Å²) in [5, 5.41) is 0. The van der Waals surface area contributed by atoms with Crippen molar-refractivity contribution in [3.05, 3.63) is 0 Å². The minimum absolute atomic E-state index is 0.299. The molecule has 0 heterocycles. The maximum Gasteiger partial charge on any atom is -0.00000548 e. The number of rotatable bonds is 37. The van der Waals surface area contributed by atoms with E-state index >= 15 is 0 Å².